The number of hydrazone groups is 1. The van der Waals surface area contributed by atoms with Gasteiger partial charge in [0.1, 0.15) is 0 Å². The van der Waals surface area contributed by atoms with Crippen LogP contribution in [0.4, 0.5) is 0 Å². The van der Waals surface area contributed by atoms with Crippen molar-refractivity contribution in [1.29, 1.82) is 0 Å². The molecule has 1 aliphatic rings. The Labute approximate surface area is 72.7 Å². The van der Waals surface area contributed by atoms with E-state index >= 15 is 0 Å². The van der Waals surface area contributed by atoms with Crippen LogP contribution in [0.5, 0.6) is 0 Å². The van der Waals surface area contributed by atoms with Crippen molar-refractivity contribution in [2.45, 2.75) is 0 Å². The summed E-state index contributed by atoms with van der Waals surface area (Å²) < 4.78 is 0. The lowest BCUT2D eigenvalue weighted by molar-refractivity contribution is 0.293. The van der Waals surface area contributed by atoms with Crippen molar-refractivity contribution in [3.05, 3.63) is 0 Å². The van der Waals surface area contributed by atoms with E-state index < -0.39 is 0 Å². The van der Waals surface area contributed by atoms with E-state index in [-0.39, 0.29) is 6.61 Å². The molecule has 0 bridgehead atoms. The molecule has 0 amide bonds. The molecule has 1 aliphatic heterocycles. The third kappa shape index (κ3) is 2.01. The largest absolute Gasteiger partial charge is 0.394 e. The predicted molar refractivity (Wildman–Crippen MR) is 47.8 cm³/mol. The highest BCUT2D eigenvalue weighted by Crippen LogP contribution is 2.01. The van der Waals surface area contributed by atoms with E-state index in [0.717, 1.165) is 19.0 Å². The van der Waals surface area contributed by atoms with E-state index in [1.54, 1.807) is 0 Å². The van der Waals surface area contributed by atoms with Crippen molar-refractivity contribution in [2.75, 3.05) is 40.3 Å². The van der Waals surface area contributed by atoms with Gasteiger partial charge in [-0.3, -0.25) is 0 Å². The average molecular weight is 172 g/mol. The molecule has 1 fully saturated rings. The molecular weight excluding hydrogens is 156 g/mol. The Morgan fingerprint density at radius 3 is 2.50 bits per heavy atom. The molecule has 70 valence electrons. The second-order valence-corrected chi connectivity index (χ2v) is 2.89. The van der Waals surface area contributed by atoms with Crippen LogP contribution in [0, 0.1) is 0 Å². The Balaban J connectivity index is 2.42. The van der Waals surface area contributed by atoms with Gasteiger partial charge in [-0.1, -0.05) is 0 Å². The summed E-state index contributed by atoms with van der Waals surface area (Å²) in [6.07, 6.45) is 0. The number of hydrogen-bond donors (Lipinski definition) is 2. The van der Waals surface area contributed by atoms with Gasteiger partial charge >= 0.3 is 0 Å². The Hall–Kier alpha value is -0.970. The van der Waals surface area contributed by atoms with E-state index in [0.29, 0.717) is 6.54 Å². The fourth-order valence-electron chi connectivity index (χ4n) is 1.14. The van der Waals surface area contributed by atoms with Crippen LogP contribution in [0.3, 0.4) is 0 Å². The molecule has 0 unspecified atom stereocenters. The first-order valence-electron chi connectivity index (χ1n) is 4.09. The third-order valence-electron chi connectivity index (χ3n) is 1.86. The molecule has 0 aromatic rings. The highest BCUT2D eigenvalue weighted by molar-refractivity contribution is 5.81. The standard InChI is InChI=1S/C7H16N4O/c1-10-4-5-11(2)7(10)9-8-3-6-12/h8,12H,3-6H2,1-2H3. The second kappa shape index (κ2) is 4.15. The maximum atomic E-state index is 8.51. The number of guanidine groups is 1. The zero-order valence-electron chi connectivity index (χ0n) is 7.62. The number of nitrogens with zero attached hydrogens (tertiary/aromatic N) is 3. The third-order valence-corrected chi connectivity index (χ3v) is 1.86. The van der Waals surface area contributed by atoms with Crippen molar-refractivity contribution in [3.8, 4) is 0 Å². The first-order valence-corrected chi connectivity index (χ1v) is 4.09. The van der Waals surface area contributed by atoms with Crippen molar-refractivity contribution < 1.29 is 5.11 Å². The first kappa shape index (κ1) is 9.12. The molecule has 0 atom stereocenters. The zero-order chi connectivity index (χ0) is 8.97. The van der Waals surface area contributed by atoms with Crippen LogP contribution >= 0.6 is 0 Å². The quantitative estimate of drug-likeness (QED) is 0.411. The van der Waals surface area contributed by atoms with E-state index in [1.807, 2.05) is 14.1 Å². The topological polar surface area (TPSA) is 51.1 Å². The predicted octanol–water partition coefficient (Wildman–Crippen LogP) is -1.28. The van der Waals surface area contributed by atoms with Crippen LogP contribution in [-0.4, -0.2) is 61.2 Å². The molecule has 1 heterocycles. The highest BCUT2D eigenvalue weighted by atomic mass is 16.3. The summed E-state index contributed by atoms with van der Waals surface area (Å²) in [5.74, 6) is 0.934. The summed E-state index contributed by atoms with van der Waals surface area (Å²) in [6, 6.07) is 0. The Kier molecular flexibility index (Phi) is 3.16. The number of aliphatic hydroxyl groups excluding tert-OH is 1. The van der Waals surface area contributed by atoms with Crippen LogP contribution in [0.1, 0.15) is 0 Å². The van der Waals surface area contributed by atoms with Crippen molar-refractivity contribution in [3.63, 3.8) is 0 Å². The molecule has 1 saturated heterocycles. The summed E-state index contributed by atoms with van der Waals surface area (Å²) in [7, 11) is 4.01. The fraction of sp³-hybridized carbons (Fsp3) is 0.857. The monoisotopic (exact) mass is 172 g/mol. The molecule has 0 aromatic carbocycles. The van der Waals surface area contributed by atoms with Gasteiger partial charge < -0.3 is 20.3 Å². The lowest BCUT2D eigenvalue weighted by Gasteiger charge is -2.15. The van der Waals surface area contributed by atoms with Gasteiger partial charge in [-0.25, -0.2) is 0 Å². The summed E-state index contributed by atoms with van der Waals surface area (Å²) >= 11 is 0. The van der Waals surface area contributed by atoms with Gasteiger partial charge in [0.2, 0.25) is 5.96 Å². The number of aliphatic hydroxyl groups is 1. The SMILES string of the molecule is CN1CCN(C)C1=NNCCO. The average Bonchev–Trinajstić information content (AvgIpc) is 2.35. The van der Waals surface area contributed by atoms with Gasteiger partial charge in [0, 0.05) is 27.2 Å². The fourth-order valence-corrected chi connectivity index (χ4v) is 1.14. The minimum atomic E-state index is 0.115. The normalized spacial score (nSPS) is 17.1. The Morgan fingerprint density at radius 1 is 1.42 bits per heavy atom. The summed E-state index contributed by atoms with van der Waals surface area (Å²) in [4.78, 5) is 4.15. The molecule has 12 heavy (non-hydrogen) atoms. The molecule has 2 N–H and O–H groups in total. The lowest BCUT2D eigenvalue weighted by Crippen LogP contribution is -2.31. The van der Waals surface area contributed by atoms with Crippen molar-refractivity contribution >= 4 is 5.96 Å². The van der Waals surface area contributed by atoms with E-state index in [4.69, 9.17) is 5.11 Å². The number of likely N-dealkylation sites (N-methyl/N-ethyl adjacent to an activating group) is 2. The van der Waals surface area contributed by atoms with Gasteiger partial charge in [-0.15, -0.1) is 5.10 Å². The molecule has 1 rings (SSSR count). The van der Waals surface area contributed by atoms with Crippen LogP contribution in [0.15, 0.2) is 5.10 Å². The lowest BCUT2D eigenvalue weighted by atomic mass is 10.6. The Bertz CT molecular complexity index is 159. The van der Waals surface area contributed by atoms with Crippen LogP contribution in [0.25, 0.3) is 0 Å². The van der Waals surface area contributed by atoms with Crippen LogP contribution in [-0.2, 0) is 0 Å². The molecule has 5 heteroatoms. The van der Waals surface area contributed by atoms with E-state index in [9.17, 15) is 0 Å². The van der Waals surface area contributed by atoms with E-state index in [1.165, 1.54) is 0 Å². The van der Waals surface area contributed by atoms with Gasteiger partial charge in [-0.2, -0.15) is 0 Å². The maximum Gasteiger partial charge on any atom is 0.218 e. The zero-order valence-corrected chi connectivity index (χ0v) is 7.62. The van der Waals surface area contributed by atoms with E-state index in [2.05, 4.69) is 20.3 Å². The highest BCUT2D eigenvalue weighted by Gasteiger charge is 2.19. The van der Waals surface area contributed by atoms with Crippen LogP contribution < -0.4 is 5.43 Å². The summed E-state index contributed by atoms with van der Waals surface area (Å²) in [5, 5.41) is 12.6. The Morgan fingerprint density at radius 2 is 2.00 bits per heavy atom. The maximum absolute atomic E-state index is 8.51. The molecule has 0 saturated carbocycles. The number of nitrogens with one attached hydrogen (secondary N) is 1. The molecular formula is C7H16N4O. The summed E-state index contributed by atoms with van der Waals surface area (Å²) in [6.45, 7) is 2.64. The second-order valence-electron chi connectivity index (χ2n) is 2.89. The van der Waals surface area contributed by atoms with Crippen molar-refractivity contribution in [2.24, 2.45) is 5.10 Å². The van der Waals surface area contributed by atoms with Gasteiger partial charge in [0.05, 0.1) is 13.2 Å². The minimum absolute atomic E-state index is 0.115. The first-order chi connectivity index (χ1) is 5.75. The smallest absolute Gasteiger partial charge is 0.218 e. The van der Waals surface area contributed by atoms with Crippen molar-refractivity contribution in [1.82, 2.24) is 15.2 Å². The number of hydrogen-bond acceptors (Lipinski definition) is 3. The van der Waals surface area contributed by atoms with Crippen LogP contribution in [0.2, 0.25) is 0 Å². The molecule has 0 aromatic heterocycles. The van der Waals surface area contributed by atoms with Gasteiger partial charge in [0.15, 0.2) is 0 Å². The molecule has 0 radical (unpaired) electrons. The number of rotatable bonds is 3. The summed E-state index contributed by atoms with van der Waals surface area (Å²) in [5.41, 5.74) is 2.79. The van der Waals surface area contributed by atoms with Gasteiger partial charge in [-0.05, 0) is 0 Å². The minimum Gasteiger partial charge on any atom is -0.394 e. The van der Waals surface area contributed by atoms with Gasteiger partial charge in [0.25, 0.3) is 0 Å². The molecule has 0 spiro atoms. The molecule has 5 nitrogen and oxygen atoms in total. The molecule has 0 aliphatic carbocycles.